The normalized spacial score (nSPS) is 26.0. The first-order valence-corrected chi connectivity index (χ1v) is 12.2. The van der Waals surface area contributed by atoms with Crippen LogP contribution in [0.3, 0.4) is 0 Å². The monoisotopic (exact) mass is 465 g/mol. The van der Waals surface area contributed by atoms with Gasteiger partial charge in [0.1, 0.15) is 17.5 Å². The van der Waals surface area contributed by atoms with Crippen LogP contribution in [0.15, 0.2) is 60.7 Å². The molecule has 2 aromatic rings. The van der Waals surface area contributed by atoms with Crippen LogP contribution in [-0.4, -0.2) is 68.0 Å². The number of carbonyl (C=O) groups is 3. The van der Waals surface area contributed by atoms with Gasteiger partial charge >= 0.3 is 5.97 Å². The average Bonchev–Trinajstić information content (AvgIpc) is 3.12. The summed E-state index contributed by atoms with van der Waals surface area (Å²) in [7, 11) is 0. The van der Waals surface area contributed by atoms with Gasteiger partial charge in [0.05, 0.1) is 11.2 Å². The number of carbonyl (C=O) groups excluding carboxylic acids is 2. The predicted molar refractivity (Wildman–Crippen MR) is 125 cm³/mol. The molecule has 0 bridgehead atoms. The maximum absolute atomic E-state index is 12.9. The third-order valence-corrected chi connectivity index (χ3v) is 8.76. The fourth-order valence-corrected chi connectivity index (χ4v) is 7.15. The number of amides is 2. The molecule has 3 aliphatic rings. The van der Waals surface area contributed by atoms with Gasteiger partial charge < -0.3 is 15.3 Å². The quantitative estimate of drug-likeness (QED) is 0.636. The van der Waals surface area contributed by atoms with Crippen molar-refractivity contribution in [3.8, 4) is 0 Å². The molecule has 172 valence electrons. The van der Waals surface area contributed by atoms with Crippen molar-refractivity contribution in [1.82, 2.24) is 15.1 Å². The van der Waals surface area contributed by atoms with E-state index in [9.17, 15) is 19.5 Å². The number of hydrogen-bond acceptors (Lipinski definition) is 5. The Hall–Kier alpha value is -2.84. The number of nitrogens with one attached hydrogen (secondary N) is 1. The molecule has 2 amide bonds. The highest BCUT2D eigenvalue weighted by Gasteiger charge is 2.67. The number of aliphatic carboxylic acids is 1. The standard InChI is InChI=1S/C25H27N3O4S/c29-19(15-17-7-3-1-4-8-17)26-20-22(30)28-21(24(31)32)25(33-23(20)28)11-13-27(14-12-25)16-18-9-5-2-6-10-18/h1-10,20-21,23H,11-16H2,(H,26,29)(H,31,32)/t20?,21?,23-/m0/s1. The number of carboxylic acids is 1. The molecule has 3 saturated heterocycles. The van der Waals surface area contributed by atoms with Crippen molar-refractivity contribution in [2.24, 2.45) is 0 Å². The lowest BCUT2D eigenvalue weighted by molar-refractivity contribution is -0.162. The van der Waals surface area contributed by atoms with E-state index in [-0.39, 0.29) is 23.6 Å². The average molecular weight is 466 g/mol. The molecule has 1 spiro atoms. The first kappa shape index (κ1) is 22.0. The number of rotatable bonds is 6. The van der Waals surface area contributed by atoms with Crippen LogP contribution in [0.2, 0.25) is 0 Å². The summed E-state index contributed by atoms with van der Waals surface area (Å²) in [5, 5.41) is 12.6. The molecule has 33 heavy (non-hydrogen) atoms. The van der Waals surface area contributed by atoms with Gasteiger partial charge in [-0.1, -0.05) is 60.7 Å². The molecule has 3 atom stereocenters. The Morgan fingerprint density at radius 3 is 2.21 bits per heavy atom. The fraction of sp³-hybridized carbons (Fsp3) is 0.400. The van der Waals surface area contributed by atoms with E-state index in [4.69, 9.17) is 0 Å². The number of carboxylic acid groups (broad SMARTS) is 1. The molecular weight excluding hydrogens is 438 g/mol. The van der Waals surface area contributed by atoms with Crippen LogP contribution in [-0.2, 0) is 27.3 Å². The summed E-state index contributed by atoms with van der Waals surface area (Å²) < 4.78 is -0.516. The molecule has 3 fully saturated rings. The van der Waals surface area contributed by atoms with Crippen LogP contribution in [0.25, 0.3) is 0 Å². The van der Waals surface area contributed by atoms with Crippen molar-refractivity contribution < 1.29 is 19.5 Å². The van der Waals surface area contributed by atoms with Crippen molar-refractivity contribution in [3.05, 3.63) is 71.8 Å². The van der Waals surface area contributed by atoms with Crippen molar-refractivity contribution in [2.45, 2.75) is 48.0 Å². The number of piperidine rings is 1. The highest BCUT2D eigenvalue weighted by atomic mass is 32.2. The molecule has 8 heteroatoms. The summed E-state index contributed by atoms with van der Waals surface area (Å²) in [5.74, 6) is -1.46. The van der Waals surface area contributed by atoms with E-state index in [2.05, 4.69) is 22.3 Å². The number of nitrogens with zero attached hydrogens (tertiary/aromatic N) is 2. The van der Waals surface area contributed by atoms with Crippen molar-refractivity contribution >= 4 is 29.5 Å². The van der Waals surface area contributed by atoms with E-state index in [1.54, 1.807) is 11.8 Å². The molecule has 7 nitrogen and oxygen atoms in total. The van der Waals surface area contributed by atoms with E-state index in [0.717, 1.165) is 25.2 Å². The van der Waals surface area contributed by atoms with E-state index >= 15 is 0 Å². The molecule has 0 aliphatic carbocycles. The summed E-state index contributed by atoms with van der Waals surface area (Å²) in [5.41, 5.74) is 2.12. The number of thioether (sulfide) groups is 1. The number of benzene rings is 2. The third-order valence-electron chi connectivity index (χ3n) is 6.92. The summed E-state index contributed by atoms with van der Waals surface area (Å²) in [6, 6.07) is 18.1. The van der Waals surface area contributed by atoms with Crippen LogP contribution in [0.5, 0.6) is 0 Å². The number of fused-ring (bicyclic) bond motifs is 1. The van der Waals surface area contributed by atoms with Crippen LogP contribution in [0.1, 0.15) is 24.0 Å². The topological polar surface area (TPSA) is 90.0 Å². The highest BCUT2D eigenvalue weighted by molar-refractivity contribution is 8.01. The van der Waals surface area contributed by atoms with Crippen LogP contribution in [0.4, 0.5) is 0 Å². The Kier molecular flexibility index (Phi) is 5.88. The first-order valence-electron chi connectivity index (χ1n) is 11.3. The number of β-lactam (4-membered cyclic amide) rings is 1. The van der Waals surface area contributed by atoms with E-state index in [0.29, 0.717) is 12.8 Å². The number of hydrogen-bond donors (Lipinski definition) is 2. The summed E-state index contributed by atoms with van der Waals surface area (Å²) in [4.78, 5) is 41.5. The zero-order valence-corrected chi connectivity index (χ0v) is 19.0. The van der Waals surface area contributed by atoms with Crippen molar-refractivity contribution in [1.29, 1.82) is 0 Å². The second-order valence-electron chi connectivity index (χ2n) is 9.03. The van der Waals surface area contributed by atoms with Crippen LogP contribution < -0.4 is 5.32 Å². The minimum atomic E-state index is -0.955. The lowest BCUT2D eigenvalue weighted by Gasteiger charge is -2.44. The van der Waals surface area contributed by atoms with E-state index in [1.807, 2.05) is 48.5 Å². The van der Waals surface area contributed by atoms with Crippen LogP contribution in [0, 0.1) is 0 Å². The van der Waals surface area contributed by atoms with E-state index in [1.165, 1.54) is 10.5 Å². The van der Waals surface area contributed by atoms with E-state index < -0.39 is 22.8 Å². The van der Waals surface area contributed by atoms with Gasteiger partial charge in [-0.25, -0.2) is 4.79 Å². The van der Waals surface area contributed by atoms with Gasteiger partial charge in [-0.3, -0.25) is 14.5 Å². The maximum Gasteiger partial charge on any atom is 0.327 e. The fourth-order valence-electron chi connectivity index (χ4n) is 5.25. The lowest BCUT2D eigenvalue weighted by Crippen LogP contribution is -2.71. The summed E-state index contributed by atoms with van der Waals surface area (Å²) in [6.45, 7) is 2.40. The van der Waals surface area contributed by atoms with Gasteiger partial charge in [0.25, 0.3) is 0 Å². The summed E-state index contributed by atoms with van der Waals surface area (Å²) in [6.07, 6.45) is 1.60. The molecule has 3 heterocycles. The van der Waals surface area contributed by atoms with Gasteiger partial charge in [-0.2, -0.15) is 0 Å². The molecule has 2 N–H and O–H groups in total. The maximum atomic E-state index is 12.9. The van der Waals surface area contributed by atoms with Crippen LogP contribution >= 0.6 is 11.8 Å². The Bertz CT molecular complexity index is 1040. The summed E-state index contributed by atoms with van der Waals surface area (Å²) >= 11 is 1.57. The van der Waals surface area contributed by atoms with Gasteiger partial charge in [-0.05, 0) is 37.1 Å². The smallest absolute Gasteiger partial charge is 0.327 e. The second-order valence-corrected chi connectivity index (χ2v) is 10.6. The molecule has 2 aromatic carbocycles. The Balaban J connectivity index is 1.25. The molecule has 2 unspecified atom stereocenters. The minimum Gasteiger partial charge on any atom is -0.480 e. The Morgan fingerprint density at radius 1 is 1.00 bits per heavy atom. The van der Waals surface area contributed by atoms with Gasteiger partial charge in [0.15, 0.2) is 0 Å². The van der Waals surface area contributed by atoms with Gasteiger partial charge in [-0.15, -0.1) is 11.8 Å². The molecule has 0 radical (unpaired) electrons. The second kappa shape index (κ2) is 8.83. The molecule has 3 aliphatic heterocycles. The van der Waals surface area contributed by atoms with Gasteiger partial charge in [0.2, 0.25) is 11.8 Å². The Labute approximate surface area is 197 Å². The SMILES string of the molecule is O=C(Cc1ccccc1)NC1C(=O)N2C(C(=O)O)C3(CCN(Cc4ccccc4)CC3)S[C@@H]12. The molecular formula is C25H27N3O4S. The predicted octanol–water partition coefficient (Wildman–Crippen LogP) is 2.12. The first-order chi connectivity index (χ1) is 16.0. The zero-order valence-electron chi connectivity index (χ0n) is 18.2. The Morgan fingerprint density at radius 2 is 1.61 bits per heavy atom. The minimum absolute atomic E-state index is 0.198. The third kappa shape index (κ3) is 4.13. The lowest BCUT2D eigenvalue weighted by atomic mass is 9.85. The molecule has 0 aromatic heterocycles. The largest absolute Gasteiger partial charge is 0.480 e. The number of likely N-dealkylation sites (tertiary alicyclic amines) is 1. The van der Waals surface area contributed by atoms with Crippen molar-refractivity contribution in [3.63, 3.8) is 0 Å². The highest BCUT2D eigenvalue weighted by Crippen LogP contribution is 2.55. The van der Waals surface area contributed by atoms with Crippen molar-refractivity contribution in [2.75, 3.05) is 13.1 Å². The molecule has 5 rings (SSSR count). The zero-order chi connectivity index (χ0) is 23.0. The molecule has 0 saturated carbocycles. The van der Waals surface area contributed by atoms with Gasteiger partial charge in [0, 0.05) is 6.54 Å².